The number of likely N-dealkylation sites (tertiary alicyclic amines) is 1. The van der Waals surface area contributed by atoms with Crippen molar-refractivity contribution in [3.05, 3.63) is 57.2 Å². The first kappa shape index (κ1) is 31.0. The molecule has 15 heteroatoms. The lowest BCUT2D eigenvalue weighted by atomic mass is 9.92. The van der Waals surface area contributed by atoms with Crippen molar-refractivity contribution < 1.29 is 32.6 Å². The van der Waals surface area contributed by atoms with Crippen LogP contribution in [0.15, 0.2) is 40.0 Å². The van der Waals surface area contributed by atoms with Crippen molar-refractivity contribution in [2.24, 2.45) is 10.4 Å². The molecule has 11 nitrogen and oxygen atoms in total. The van der Waals surface area contributed by atoms with Crippen molar-refractivity contribution in [3.8, 4) is 0 Å². The molecule has 0 aliphatic carbocycles. The molecule has 0 amide bonds. The van der Waals surface area contributed by atoms with Crippen LogP contribution in [0.4, 0.5) is 13.2 Å². The van der Waals surface area contributed by atoms with Crippen LogP contribution in [-0.4, -0.2) is 106 Å². The highest BCUT2D eigenvalue weighted by atomic mass is 32.1. The fourth-order valence-electron chi connectivity index (χ4n) is 5.92. The Kier molecular flexibility index (Phi) is 8.37. The average Bonchev–Trinajstić information content (AvgIpc) is 3.62. The number of halogens is 3. The number of aryl methyl sites for hydroxylation is 1. The van der Waals surface area contributed by atoms with Crippen LogP contribution in [0.3, 0.4) is 0 Å². The lowest BCUT2D eigenvalue weighted by Crippen LogP contribution is -2.53. The number of nitrogens with zero attached hydrogens (tertiary/aromatic N) is 6. The zero-order chi connectivity index (χ0) is 31.3. The van der Waals surface area contributed by atoms with Gasteiger partial charge < -0.3 is 15.2 Å². The standard InChI is InChI=1S/C28H34F3N7O4S/c1-6-42-25(39)20-17(34-23(24-32-9-10-43-24)35-21(20)16-7-8-19(29)33-15(16)2)11-37-14-28(30,31)22-18(37)12-36(5)38(22)13-27(3,4)26(40)41/h7-10,18,21-22H,6,11-14H2,1-5H3,(H,34,35)(H,40,41). The molecule has 3 unspecified atom stereocenters. The zero-order valence-electron chi connectivity index (χ0n) is 24.5. The quantitative estimate of drug-likeness (QED) is 0.319. The Hall–Kier alpha value is -3.40. The topological polar surface area (TPSA) is 123 Å². The number of carbonyl (C=O) groups excluding carboxylic acids is 1. The molecule has 2 saturated heterocycles. The van der Waals surface area contributed by atoms with Gasteiger partial charge in [0.15, 0.2) is 10.8 Å². The third-order valence-corrected chi connectivity index (χ3v) is 8.81. The number of ether oxygens (including phenoxy) is 1. The Morgan fingerprint density at radius 2 is 2.05 bits per heavy atom. The number of hydrazine groups is 1. The summed E-state index contributed by atoms with van der Waals surface area (Å²) >= 11 is 1.31. The summed E-state index contributed by atoms with van der Waals surface area (Å²) in [7, 11) is 1.67. The van der Waals surface area contributed by atoms with Gasteiger partial charge in [0.1, 0.15) is 12.1 Å². The lowest BCUT2D eigenvalue weighted by molar-refractivity contribution is -0.155. The minimum atomic E-state index is -3.17. The van der Waals surface area contributed by atoms with E-state index in [-0.39, 0.29) is 31.8 Å². The zero-order valence-corrected chi connectivity index (χ0v) is 25.3. The number of likely N-dealkylation sites (N-methyl/N-ethyl adjacent to an activating group) is 1. The molecule has 2 N–H and O–H groups in total. The summed E-state index contributed by atoms with van der Waals surface area (Å²) < 4.78 is 50.9. The van der Waals surface area contributed by atoms with Crippen molar-refractivity contribution in [2.75, 3.05) is 39.8 Å². The maximum absolute atomic E-state index is 15.8. The van der Waals surface area contributed by atoms with Gasteiger partial charge in [-0.2, -0.15) is 4.39 Å². The van der Waals surface area contributed by atoms with Gasteiger partial charge in [-0.3, -0.25) is 14.7 Å². The normalized spacial score (nSPS) is 24.6. The number of aromatic nitrogens is 2. The molecular weight excluding hydrogens is 587 g/mol. The number of aliphatic imine (C=N–C) groups is 1. The number of alkyl halides is 2. The van der Waals surface area contributed by atoms with Gasteiger partial charge in [0.05, 0.1) is 24.1 Å². The van der Waals surface area contributed by atoms with Gasteiger partial charge in [0.25, 0.3) is 5.92 Å². The SMILES string of the molecule is CCOC(=O)C1=C(CN2CC(F)(F)C3C2CN(C)N3CC(C)(C)C(=O)O)NC(c2nccs2)=NC1c1ccc(F)nc1C. The van der Waals surface area contributed by atoms with Crippen LogP contribution in [0.1, 0.15) is 43.1 Å². The highest BCUT2D eigenvalue weighted by Gasteiger charge is 2.62. The molecule has 5 heterocycles. The van der Waals surface area contributed by atoms with Crippen molar-refractivity contribution in [2.45, 2.75) is 51.7 Å². The van der Waals surface area contributed by atoms with Crippen molar-refractivity contribution >= 4 is 29.1 Å². The van der Waals surface area contributed by atoms with Gasteiger partial charge in [-0.15, -0.1) is 11.3 Å². The number of aliphatic carboxylic acids is 1. The second-order valence-corrected chi connectivity index (χ2v) is 12.5. The number of carbonyl (C=O) groups is 2. The van der Waals surface area contributed by atoms with Crippen LogP contribution in [0.5, 0.6) is 0 Å². The van der Waals surface area contributed by atoms with Crippen LogP contribution in [0.25, 0.3) is 0 Å². The van der Waals surface area contributed by atoms with Crippen LogP contribution in [-0.2, 0) is 14.3 Å². The van der Waals surface area contributed by atoms with Gasteiger partial charge in [-0.25, -0.2) is 33.6 Å². The summed E-state index contributed by atoms with van der Waals surface area (Å²) in [5.74, 6) is -5.29. The average molecular weight is 622 g/mol. The van der Waals surface area contributed by atoms with Gasteiger partial charge >= 0.3 is 11.9 Å². The number of pyridine rings is 1. The van der Waals surface area contributed by atoms with Crippen LogP contribution >= 0.6 is 11.3 Å². The molecule has 0 saturated carbocycles. The number of fused-ring (bicyclic) bond motifs is 1. The lowest BCUT2D eigenvalue weighted by Gasteiger charge is -2.36. The Morgan fingerprint density at radius 1 is 1.30 bits per heavy atom. The first-order valence-corrected chi connectivity index (χ1v) is 14.7. The molecule has 0 radical (unpaired) electrons. The van der Waals surface area contributed by atoms with E-state index in [9.17, 15) is 19.1 Å². The minimum Gasteiger partial charge on any atom is -0.481 e. The fourth-order valence-corrected chi connectivity index (χ4v) is 6.51. The first-order valence-electron chi connectivity index (χ1n) is 13.8. The molecule has 43 heavy (non-hydrogen) atoms. The molecule has 3 atom stereocenters. The number of hydrogen-bond acceptors (Lipinski definition) is 11. The van der Waals surface area contributed by atoms with E-state index in [0.717, 1.165) is 0 Å². The Morgan fingerprint density at radius 3 is 2.67 bits per heavy atom. The minimum absolute atomic E-state index is 0.0671. The molecule has 2 aromatic heterocycles. The van der Waals surface area contributed by atoms with Crippen LogP contribution in [0.2, 0.25) is 0 Å². The summed E-state index contributed by atoms with van der Waals surface area (Å²) in [4.78, 5) is 39.9. The maximum atomic E-state index is 15.8. The molecule has 232 valence electrons. The molecule has 2 fully saturated rings. The summed E-state index contributed by atoms with van der Waals surface area (Å²) in [6.45, 7) is 5.80. The van der Waals surface area contributed by atoms with E-state index in [2.05, 4.69) is 15.3 Å². The van der Waals surface area contributed by atoms with E-state index in [1.807, 2.05) is 0 Å². The van der Waals surface area contributed by atoms with E-state index in [4.69, 9.17) is 9.73 Å². The van der Waals surface area contributed by atoms with Gasteiger partial charge in [-0.1, -0.05) is 6.07 Å². The summed E-state index contributed by atoms with van der Waals surface area (Å²) in [5.41, 5.74) is -0.0525. The second kappa shape index (κ2) is 11.6. The monoisotopic (exact) mass is 621 g/mol. The molecular formula is C28H34F3N7O4S. The summed E-state index contributed by atoms with van der Waals surface area (Å²) in [6.07, 6.45) is 1.60. The second-order valence-electron chi connectivity index (χ2n) is 11.6. The van der Waals surface area contributed by atoms with Gasteiger partial charge in [-0.05, 0) is 33.8 Å². The van der Waals surface area contributed by atoms with Crippen molar-refractivity contribution in [1.82, 2.24) is 30.2 Å². The highest BCUT2D eigenvalue weighted by molar-refractivity contribution is 7.11. The highest BCUT2D eigenvalue weighted by Crippen LogP contribution is 2.43. The predicted octanol–water partition coefficient (Wildman–Crippen LogP) is 2.86. The van der Waals surface area contributed by atoms with Crippen LogP contribution in [0, 0.1) is 18.3 Å². The van der Waals surface area contributed by atoms with Crippen LogP contribution < -0.4 is 5.32 Å². The molecule has 2 aromatic rings. The summed E-state index contributed by atoms with van der Waals surface area (Å²) in [6, 6.07) is -0.213. The smallest absolute Gasteiger partial charge is 0.338 e. The number of nitrogens with one attached hydrogen (secondary N) is 1. The fraction of sp³-hybridized carbons (Fsp3) is 0.536. The number of hydrogen-bond donors (Lipinski definition) is 2. The molecule has 3 aliphatic heterocycles. The number of thiazole rings is 1. The van der Waals surface area contributed by atoms with E-state index >= 15 is 8.78 Å². The van der Waals surface area contributed by atoms with E-state index < -0.39 is 53.9 Å². The first-order chi connectivity index (χ1) is 20.2. The van der Waals surface area contributed by atoms with Crippen molar-refractivity contribution in [3.63, 3.8) is 0 Å². The van der Waals surface area contributed by atoms with E-state index in [0.29, 0.717) is 27.8 Å². The molecule has 3 aliphatic rings. The number of esters is 1. The molecule has 0 aromatic carbocycles. The Bertz CT molecular complexity index is 1470. The largest absolute Gasteiger partial charge is 0.481 e. The third kappa shape index (κ3) is 5.90. The van der Waals surface area contributed by atoms with E-state index in [1.165, 1.54) is 42.3 Å². The number of carboxylic acid groups (broad SMARTS) is 1. The Balaban J connectivity index is 1.56. The van der Waals surface area contributed by atoms with E-state index in [1.54, 1.807) is 42.4 Å². The molecule has 0 bridgehead atoms. The molecule has 0 spiro atoms. The number of carboxylic acids is 1. The van der Waals surface area contributed by atoms with Crippen molar-refractivity contribution in [1.29, 1.82) is 0 Å². The molecule has 5 rings (SSSR count). The summed E-state index contributed by atoms with van der Waals surface area (Å²) in [5, 5.41) is 18.2. The van der Waals surface area contributed by atoms with Gasteiger partial charge in [0, 0.05) is 61.3 Å². The predicted molar refractivity (Wildman–Crippen MR) is 152 cm³/mol. The van der Waals surface area contributed by atoms with Gasteiger partial charge in [0.2, 0.25) is 5.95 Å². The maximum Gasteiger partial charge on any atom is 0.338 e. The number of rotatable bonds is 9. The third-order valence-electron chi connectivity index (χ3n) is 8.03. The Labute approximate surface area is 251 Å². The number of amidine groups is 1.